The summed E-state index contributed by atoms with van der Waals surface area (Å²) in [5, 5.41) is 18.8. The molecule has 0 aliphatic rings. The maximum atomic E-state index is 11.2. The maximum Gasteiger partial charge on any atom is 0.203 e. The second-order valence-electron chi connectivity index (χ2n) is 12.7. The molecule has 0 fully saturated rings. The van der Waals surface area contributed by atoms with Gasteiger partial charge in [-0.05, 0) is 85.2 Å². The summed E-state index contributed by atoms with van der Waals surface area (Å²) < 4.78 is 35.1. The summed E-state index contributed by atoms with van der Waals surface area (Å²) in [6.07, 6.45) is 16.3. The third-order valence-electron chi connectivity index (χ3n) is 9.22. The van der Waals surface area contributed by atoms with Gasteiger partial charge in [0.05, 0.1) is 56.7 Å². The summed E-state index contributed by atoms with van der Waals surface area (Å²) >= 11 is 20.2. The molecule has 0 saturated carbocycles. The Hall–Kier alpha value is -3.72. The van der Waals surface area contributed by atoms with E-state index in [1.165, 1.54) is 6.21 Å². The zero-order valence-electron chi connectivity index (χ0n) is 32.0. The van der Waals surface area contributed by atoms with Gasteiger partial charge in [0, 0.05) is 11.1 Å². The third kappa shape index (κ3) is 11.9. The summed E-state index contributed by atoms with van der Waals surface area (Å²) in [6, 6.07) is 7.29. The molecule has 0 aliphatic heterocycles. The predicted molar refractivity (Wildman–Crippen MR) is 221 cm³/mol. The first kappa shape index (κ1) is 43.7. The minimum absolute atomic E-state index is 0.0388. The molecular weight excluding hydrogens is 737 g/mol. The molecule has 0 radical (unpaired) electrons. The molecule has 2 N–H and O–H groups in total. The smallest absolute Gasteiger partial charge is 0.203 e. The monoisotopic (exact) mass is 789 g/mol. The number of rotatable bonds is 23. The molecule has 0 bridgehead atoms. The lowest BCUT2D eigenvalue weighted by atomic mass is 10.0. The fraction of sp³-hybridized carbons (Fsp3) is 0.452. The molecule has 8 nitrogen and oxygen atoms in total. The summed E-state index contributed by atoms with van der Waals surface area (Å²) in [6.45, 7) is 7.55. The van der Waals surface area contributed by atoms with Crippen molar-refractivity contribution in [1.82, 2.24) is 0 Å². The van der Waals surface area contributed by atoms with E-state index in [1.54, 1.807) is 52.7 Å². The normalized spacial score (nSPS) is 12.6. The second-order valence-corrected chi connectivity index (χ2v) is 13.9. The van der Waals surface area contributed by atoms with E-state index in [1.807, 2.05) is 24.3 Å². The quantitative estimate of drug-likeness (QED) is 0.0427. The van der Waals surface area contributed by atoms with Crippen LogP contribution in [0.15, 0.2) is 24.3 Å². The molecule has 11 heteroatoms. The van der Waals surface area contributed by atoms with Gasteiger partial charge >= 0.3 is 0 Å². The van der Waals surface area contributed by atoms with Crippen LogP contribution >= 0.6 is 34.8 Å². The van der Waals surface area contributed by atoms with Crippen molar-refractivity contribution in [3.8, 4) is 40.2 Å². The van der Waals surface area contributed by atoms with Crippen LogP contribution in [0.4, 0.5) is 0 Å². The number of methoxy groups -OCH3 is 4. The van der Waals surface area contributed by atoms with Crippen molar-refractivity contribution in [2.75, 3.05) is 41.7 Å². The Morgan fingerprint density at radius 3 is 1.43 bits per heavy atom. The largest absolute Gasteiger partial charge is 0.506 e. The van der Waals surface area contributed by atoms with Gasteiger partial charge in [-0.15, -0.1) is 0 Å². The van der Waals surface area contributed by atoms with Crippen molar-refractivity contribution >= 4 is 65.3 Å². The molecule has 2 unspecified atom stereocenters. The molecule has 0 aliphatic carbocycles. The van der Waals surface area contributed by atoms with E-state index in [4.69, 9.17) is 68.6 Å². The fourth-order valence-electron chi connectivity index (χ4n) is 5.83. The standard InChI is InChI=1S/C42H54Cl3NO7/c1-8-11-14-27(9-2)25-52-41-33(48-4)21-29(22-34(41)49-5)16-18-31-37(43)38(44)32(40(47)39(31)45)19-17-30-23-35(50-6)42(36(24-30)51-7)53-26-28(10-3)15-12-13-20-46/h16-24,27-28,46-47H,8-15,25-26H2,1-7H3/b18-16+,19-17+,46-20?. The topological polar surface area (TPSA) is 99.5 Å². The van der Waals surface area contributed by atoms with Crippen LogP contribution in [-0.4, -0.2) is 53.0 Å². The highest BCUT2D eigenvalue weighted by atomic mass is 35.5. The Bertz CT molecular complexity index is 1630. The van der Waals surface area contributed by atoms with E-state index in [9.17, 15) is 5.11 Å². The van der Waals surface area contributed by atoms with Crippen molar-refractivity contribution in [3.63, 3.8) is 0 Å². The zero-order valence-corrected chi connectivity index (χ0v) is 34.2. The minimum Gasteiger partial charge on any atom is -0.506 e. The molecule has 53 heavy (non-hydrogen) atoms. The molecule has 3 aromatic rings. The van der Waals surface area contributed by atoms with Gasteiger partial charge in [-0.25, -0.2) is 0 Å². The number of phenolic OH excluding ortho intramolecular Hbond substituents is 1. The number of aromatic hydroxyl groups is 1. The van der Waals surface area contributed by atoms with Gasteiger partial charge in [0.1, 0.15) is 5.75 Å². The predicted octanol–water partition coefficient (Wildman–Crippen LogP) is 12.5. The summed E-state index contributed by atoms with van der Waals surface area (Å²) in [4.78, 5) is 0. The van der Waals surface area contributed by atoms with Crippen LogP contribution < -0.4 is 28.4 Å². The SMILES string of the molecule is CCCCC(CC)COc1c(OC)cc(/C=C/c2c(Cl)c(O)c(/C=C/c3cc(OC)c(OCC(CC)CCCC=N)c(OC)c3)c(Cl)c2Cl)cc1OC. The Balaban J connectivity index is 1.89. The Labute approximate surface area is 330 Å². The number of unbranched alkanes of at least 4 members (excludes halogenated alkanes) is 2. The van der Waals surface area contributed by atoms with Crippen molar-refractivity contribution < 1.29 is 33.5 Å². The lowest BCUT2D eigenvalue weighted by molar-refractivity contribution is 0.215. The Morgan fingerprint density at radius 1 is 0.623 bits per heavy atom. The highest BCUT2D eigenvalue weighted by Crippen LogP contribution is 2.46. The first-order chi connectivity index (χ1) is 25.6. The number of nitrogens with one attached hydrogen (secondary N) is 1. The van der Waals surface area contributed by atoms with Crippen LogP contribution in [0.3, 0.4) is 0 Å². The molecule has 290 valence electrons. The number of benzene rings is 3. The Kier molecular flexibility index (Phi) is 18.5. The van der Waals surface area contributed by atoms with Crippen molar-refractivity contribution in [2.45, 2.75) is 72.1 Å². The molecule has 0 amide bonds. The van der Waals surface area contributed by atoms with Crippen molar-refractivity contribution in [1.29, 1.82) is 5.41 Å². The van der Waals surface area contributed by atoms with Crippen LogP contribution in [0, 0.1) is 17.2 Å². The molecule has 3 aromatic carbocycles. The van der Waals surface area contributed by atoms with Gasteiger partial charge in [0.25, 0.3) is 0 Å². The maximum absolute atomic E-state index is 11.2. The van der Waals surface area contributed by atoms with E-state index in [0.717, 1.165) is 56.9 Å². The molecule has 0 heterocycles. The Morgan fingerprint density at radius 2 is 1.04 bits per heavy atom. The van der Waals surface area contributed by atoms with Crippen LogP contribution in [-0.2, 0) is 0 Å². The van der Waals surface area contributed by atoms with Crippen molar-refractivity contribution in [2.24, 2.45) is 11.8 Å². The number of halogens is 3. The number of ether oxygens (including phenoxy) is 6. The van der Waals surface area contributed by atoms with Gasteiger partial charge in [0.2, 0.25) is 11.5 Å². The van der Waals surface area contributed by atoms with E-state index >= 15 is 0 Å². The lowest BCUT2D eigenvalue weighted by Crippen LogP contribution is -2.12. The first-order valence-electron chi connectivity index (χ1n) is 18.1. The first-order valence-corrected chi connectivity index (χ1v) is 19.3. The molecule has 0 saturated heterocycles. The molecule has 0 spiro atoms. The molecule has 2 atom stereocenters. The van der Waals surface area contributed by atoms with Gasteiger partial charge < -0.3 is 38.9 Å². The van der Waals surface area contributed by atoms with Gasteiger partial charge in [-0.2, -0.15) is 0 Å². The van der Waals surface area contributed by atoms with Gasteiger partial charge in [0.15, 0.2) is 23.0 Å². The highest BCUT2D eigenvalue weighted by Gasteiger charge is 2.21. The van der Waals surface area contributed by atoms with E-state index in [2.05, 4.69) is 20.8 Å². The van der Waals surface area contributed by atoms with Crippen LogP contribution in [0.1, 0.15) is 94.4 Å². The molecular formula is C42H54Cl3NO7. The second kappa shape index (κ2) is 22.5. The average molecular weight is 791 g/mol. The zero-order chi connectivity index (χ0) is 38.9. The lowest BCUT2D eigenvalue weighted by Gasteiger charge is -2.19. The number of hydrogen-bond acceptors (Lipinski definition) is 8. The van der Waals surface area contributed by atoms with Gasteiger partial charge in [-0.3, -0.25) is 0 Å². The van der Waals surface area contributed by atoms with Gasteiger partial charge in [-0.1, -0.05) is 99.5 Å². The third-order valence-corrected chi connectivity index (χ3v) is 10.5. The number of phenols is 1. The fourth-order valence-corrected chi connectivity index (χ4v) is 6.65. The van der Waals surface area contributed by atoms with E-state index in [0.29, 0.717) is 70.7 Å². The van der Waals surface area contributed by atoms with Crippen LogP contribution in [0.2, 0.25) is 15.1 Å². The van der Waals surface area contributed by atoms with Crippen LogP contribution in [0.5, 0.6) is 40.2 Å². The summed E-state index contributed by atoms with van der Waals surface area (Å²) in [5.74, 6) is 3.65. The average Bonchev–Trinajstić information content (AvgIpc) is 3.18. The van der Waals surface area contributed by atoms with E-state index in [-0.39, 0.29) is 26.4 Å². The molecule has 0 aromatic heterocycles. The summed E-state index contributed by atoms with van der Waals surface area (Å²) in [5.41, 5.74) is 2.04. The number of hydrogen-bond donors (Lipinski definition) is 2. The molecule has 3 rings (SSSR count). The highest BCUT2D eigenvalue weighted by molar-refractivity contribution is 6.46. The van der Waals surface area contributed by atoms with E-state index < -0.39 is 0 Å². The summed E-state index contributed by atoms with van der Waals surface area (Å²) in [7, 11) is 6.30. The van der Waals surface area contributed by atoms with Crippen molar-refractivity contribution in [3.05, 3.63) is 61.6 Å². The minimum atomic E-state index is -0.225. The van der Waals surface area contributed by atoms with Crippen LogP contribution in [0.25, 0.3) is 24.3 Å².